The zero-order valence-electron chi connectivity index (χ0n) is 6.27. The van der Waals surface area contributed by atoms with E-state index in [0.717, 1.165) is 38.2 Å². The molecule has 56 valence electrons. The number of likely N-dealkylation sites (tertiary alicyclic amines) is 1. The molecule has 1 aliphatic heterocycles. The molecular formula is C8H14N2. The second-order valence-electron chi connectivity index (χ2n) is 2.61. The minimum atomic E-state index is 0.807. The molecule has 0 spiro atoms. The van der Waals surface area contributed by atoms with Crippen LogP contribution in [-0.2, 0) is 0 Å². The van der Waals surface area contributed by atoms with Crippen LogP contribution in [0.4, 0.5) is 0 Å². The summed E-state index contributed by atoms with van der Waals surface area (Å²) in [5.41, 5.74) is 0. The van der Waals surface area contributed by atoms with Crippen LogP contribution in [0, 0.1) is 5.41 Å². The lowest BCUT2D eigenvalue weighted by atomic mass is 10.4. The summed E-state index contributed by atoms with van der Waals surface area (Å²) in [7, 11) is 0. The molecule has 0 aliphatic carbocycles. The number of nitrogens with one attached hydrogen (secondary N) is 1. The van der Waals surface area contributed by atoms with Crippen molar-refractivity contribution in [1.82, 2.24) is 4.90 Å². The van der Waals surface area contributed by atoms with Gasteiger partial charge in [0.2, 0.25) is 0 Å². The summed E-state index contributed by atoms with van der Waals surface area (Å²) < 4.78 is 0. The van der Waals surface area contributed by atoms with Gasteiger partial charge in [-0.2, -0.15) is 0 Å². The van der Waals surface area contributed by atoms with Crippen molar-refractivity contribution >= 4 is 5.84 Å². The summed E-state index contributed by atoms with van der Waals surface area (Å²) in [4.78, 5) is 2.13. The number of rotatable bonds is 3. The van der Waals surface area contributed by atoms with Gasteiger partial charge in [-0.25, -0.2) is 0 Å². The Labute approximate surface area is 62.0 Å². The Morgan fingerprint density at radius 3 is 3.00 bits per heavy atom. The van der Waals surface area contributed by atoms with Crippen molar-refractivity contribution in [2.75, 3.05) is 13.1 Å². The lowest BCUT2D eigenvalue weighted by Gasteiger charge is -2.15. The van der Waals surface area contributed by atoms with Gasteiger partial charge in [-0.3, -0.25) is 5.41 Å². The van der Waals surface area contributed by atoms with Gasteiger partial charge in [0.05, 0.1) is 5.84 Å². The van der Waals surface area contributed by atoms with E-state index >= 15 is 0 Å². The van der Waals surface area contributed by atoms with Gasteiger partial charge in [0, 0.05) is 19.5 Å². The molecule has 0 atom stereocenters. The van der Waals surface area contributed by atoms with Gasteiger partial charge < -0.3 is 4.90 Å². The summed E-state index contributed by atoms with van der Waals surface area (Å²) in [5, 5.41) is 7.48. The SMILES string of the molecule is C=CCCN1CCCC1=N. The second-order valence-corrected chi connectivity index (χ2v) is 2.61. The summed E-state index contributed by atoms with van der Waals surface area (Å²) in [5.74, 6) is 0.807. The smallest absolute Gasteiger partial charge is 0.0958 e. The topological polar surface area (TPSA) is 27.1 Å². The fraction of sp³-hybridized carbons (Fsp3) is 0.625. The van der Waals surface area contributed by atoms with E-state index in [2.05, 4.69) is 11.5 Å². The first-order chi connectivity index (χ1) is 4.84. The monoisotopic (exact) mass is 138 g/mol. The van der Waals surface area contributed by atoms with E-state index < -0.39 is 0 Å². The van der Waals surface area contributed by atoms with E-state index in [1.807, 2.05) is 6.08 Å². The standard InChI is InChI=1S/C8H14N2/c1-2-3-6-10-7-4-5-8(10)9/h2,9H,1,3-7H2. The Kier molecular flexibility index (Phi) is 2.49. The molecule has 2 heteroatoms. The molecule has 0 unspecified atom stereocenters. The Balaban J connectivity index is 2.26. The minimum absolute atomic E-state index is 0.807. The fourth-order valence-electron chi connectivity index (χ4n) is 1.22. The Morgan fingerprint density at radius 1 is 1.70 bits per heavy atom. The maximum absolute atomic E-state index is 7.48. The predicted octanol–water partition coefficient (Wildman–Crippen LogP) is 1.64. The molecule has 1 fully saturated rings. The molecular weight excluding hydrogens is 124 g/mol. The van der Waals surface area contributed by atoms with Crippen LogP contribution in [0.2, 0.25) is 0 Å². The number of hydrogen-bond donors (Lipinski definition) is 1. The highest BCUT2D eigenvalue weighted by molar-refractivity contribution is 5.80. The first-order valence-corrected chi connectivity index (χ1v) is 3.78. The predicted molar refractivity (Wildman–Crippen MR) is 43.3 cm³/mol. The molecule has 0 aromatic heterocycles. The van der Waals surface area contributed by atoms with Crippen molar-refractivity contribution in [3.8, 4) is 0 Å². The molecule has 2 nitrogen and oxygen atoms in total. The van der Waals surface area contributed by atoms with Crippen LogP contribution in [-0.4, -0.2) is 23.8 Å². The summed E-state index contributed by atoms with van der Waals surface area (Å²) in [6, 6.07) is 0. The second kappa shape index (κ2) is 3.40. The molecule has 1 saturated heterocycles. The third-order valence-corrected chi connectivity index (χ3v) is 1.83. The third kappa shape index (κ3) is 1.59. The zero-order chi connectivity index (χ0) is 7.40. The summed E-state index contributed by atoms with van der Waals surface area (Å²) in [6.45, 7) is 5.71. The summed E-state index contributed by atoms with van der Waals surface area (Å²) in [6.07, 6.45) is 5.04. The molecule has 0 radical (unpaired) electrons. The van der Waals surface area contributed by atoms with Gasteiger partial charge in [-0.05, 0) is 12.8 Å². The van der Waals surface area contributed by atoms with Gasteiger partial charge in [0.1, 0.15) is 0 Å². The molecule has 0 amide bonds. The van der Waals surface area contributed by atoms with E-state index in [9.17, 15) is 0 Å². The van der Waals surface area contributed by atoms with Crippen molar-refractivity contribution in [2.45, 2.75) is 19.3 Å². The lowest BCUT2D eigenvalue weighted by molar-refractivity contribution is 0.459. The average molecular weight is 138 g/mol. The van der Waals surface area contributed by atoms with Gasteiger partial charge in [0.15, 0.2) is 0 Å². The Bertz CT molecular complexity index is 140. The van der Waals surface area contributed by atoms with E-state index in [-0.39, 0.29) is 0 Å². The number of nitrogens with zero attached hydrogens (tertiary/aromatic N) is 1. The maximum Gasteiger partial charge on any atom is 0.0958 e. The molecule has 1 N–H and O–H groups in total. The highest BCUT2D eigenvalue weighted by atomic mass is 15.2. The van der Waals surface area contributed by atoms with Gasteiger partial charge in [-0.1, -0.05) is 6.08 Å². The molecule has 1 heterocycles. The molecule has 10 heavy (non-hydrogen) atoms. The van der Waals surface area contributed by atoms with Gasteiger partial charge >= 0.3 is 0 Å². The van der Waals surface area contributed by atoms with E-state index in [1.54, 1.807) is 0 Å². The fourth-order valence-corrected chi connectivity index (χ4v) is 1.22. The van der Waals surface area contributed by atoms with Crippen LogP contribution in [0.25, 0.3) is 0 Å². The number of amidine groups is 1. The third-order valence-electron chi connectivity index (χ3n) is 1.83. The average Bonchev–Trinajstić information content (AvgIpc) is 2.31. The lowest BCUT2D eigenvalue weighted by Crippen LogP contribution is -2.24. The maximum atomic E-state index is 7.48. The highest BCUT2D eigenvalue weighted by Gasteiger charge is 2.14. The Hall–Kier alpha value is -0.790. The van der Waals surface area contributed by atoms with Crippen molar-refractivity contribution < 1.29 is 0 Å². The van der Waals surface area contributed by atoms with E-state index in [1.165, 1.54) is 0 Å². The van der Waals surface area contributed by atoms with Crippen LogP contribution >= 0.6 is 0 Å². The van der Waals surface area contributed by atoms with Gasteiger partial charge in [0.25, 0.3) is 0 Å². The minimum Gasteiger partial charge on any atom is -0.360 e. The first-order valence-electron chi connectivity index (χ1n) is 3.78. The van der Waals surface area contributed by atoms with Crippen LogP contribution in [0.1, 0.15) is 19.3 Å². The molecule has 0 bridgehead atoms. The molecule has 0 aromatic carbocycles. The Morgan fingerprint density at radius 2 is 2.50 bits per heavy atom. The summed E-state index contributed by atoms with van der Waals surface area (Å²) >= 11 is 0. The van der Waals surface area contributed by atoms with Crippen LogP contribution in [0.15, 0.2) is 12.7 Å². The molecule has 0 aromatic rings. The molecule has 1 rings (SSSR count). The van der Waals surface area contributed by atoms with Crippen molar-refractivity contribution in [2.24, 2.45) is 0 Å². The first kappa shape index (κ1) is 7.32. The van der Waals surface area contributed by atoms with Crippen LogP contribution < -0.4 is 0 Å². The van der Waals surface area contributed by atoms with Crippen LogP contribution in [0.3, 0.4) is 0 Å². The van der Waals surface area contributed by atoms with Crippen molar-refractivity contribution in [3.05, 3.63) is 12.7 Å². The normalized spacial score (nSPS) is 18.0. The van der Waals surface area contributed by atoms with Crippen LogP contribution in [0.5, 0.6) is 0 Å². The van der Waals surface area contributed by atoms with Crippen molar-refractivity contribution in [3.63, 3.8) is 0 Å². The van der Waals surface area contributed by atoms with E-state index in [4.69, 9.17) is 5.41 Å². The van der Waals surface area contributed by atoms with Crippen molar-refractivity contribution in [1.29, 1.82) is 5.41 Å². The highest BCUT2D eigenvalue weighted by Crippen LogP contribution is 2.09. The van der Waals surface area contributed by atoms with Gasteiger partial charge in [-0.15, -0.1) is 6.58 Å². The van der Waals surface area contributed by atoms with E-state index in [0.29, 0.717) is 0 Å². The quantitative estimate of drug-likeness (QED) is 0.590. The molecule has 0 saturated carbocycles. The number of hydrogen-bond acceptors (Lipinski definition) is 1. The largest absolute Gasteiger partial charge is 0.360 e. The zero-order valence-corrected chi connectivity index (χ0v) is 6.27. The molecule has 1 aliphatic rings.